The Balaban J connectivity index is 1.73. The number of aromatic nitrogens is 2. The number of rotatable bonds is 5. The van der Waals surface area contributed by atoms with Crippen molar-refractivity contribution in [1.82, 2.24) is 14.7 Å². The van der Waals surface area contributed by atoms with Gasteiger partial charge in [0, 0.05) is 25.6 Å². The Hall–Kier alpha value is -2.41. The minimum absolute atomic E-state index is 0.107. The standard InChI is InChI=1S/C16H19N3O4/c1-23-11-16(15(21)22)6-7-18(10-16)14(20)9-19-13-5-3-2-4-12(13)8-17-19/h2-5,8H,6-7,9-11H2,1H3,(H,21,22). The van der Waals surface area contributed by atoms with E-state index in [-0.39, 0.29) is 25.6 Å². The molecule has 1 aromatic carbocycles. The molecule has 0 saturated carbocycles. The number of hydrogen-bond donors (Lipinski definition) is 1. The monoisotopic (exact) mass is 317 g/mol. The summed E-state index contributed by atoms with van der Waals surface area (Å²) < 4.78 is 6.69. The summed E-state index contributed by atoms with van der Waals surface area (Å²) in [5, 5.41) is 14.7. The number of nitrogens with zero attached hydrogens (tertiary/aromatic N) is 3. The Labute approximate surface area is 133 Å². The van der Waals surface area contributed by atoms with Gasteiger partial charge in [0.2, 0.25) is 5.91 Å². The lowest BCUT2D eigenvalue weighted by Crippen LogP contribution is -2.41. The molecule has 1 fully saturated rings. The van der Waals surface area contributed by atoms with Crippen molar-refractivity contribution in [2.24, 2.45) is 5.41 Å². The first-order chi connectivity index (χ1) is 11.1. The minimum atomic E-state index is -1.00. The maximum atomic E-state index is 12.5. The van der Waals surface area contributed by atoms with Crippen LogP contribution < -0.4 is 0 Å². The van der Waals surface area contributed by atoms with Crippen molar-refractivity contribution in [2.45, 2.75) is 13.0 Å². The molecule has 1 aromatic heterocycles. The van der Waals surface area contributed by atoms with Crippen LogP contribution in [-0.2, 0) is 20.9 Å². The van der Waals surface area contributed by atoms with E-state index in [1.807, 2.05) is 24.3 Å². The largest absolute Gasteiger partial charge is 0.481 e. The molecule has 1 unspecified atom stereocenters. The van der Waals surface area contributed by atoms with Crippen LogP contribution in [0.5, 0.6) is 0 Å². The van der Waals surface area contributed by atoms with E-state index in [4.69, 9.17) is 4.74 Å². The fourth-order valence-electron chi connectivity index (χ4n) is 3.10. The number of ether oxygens (including phenoxy) is 1. The van der Waals surface area contributed by atoms with Gasteiger partial charge in [0.15, 0.2) is 0 Å². The molecule has 0 radical (unpaired) electrons. The number of para-hydroxylation sites is 1. The quantitative estimate of drug-likeness (QED) is 0.889. The maximum absolute atomic E-state index is 12.5. The second-order valence-electron chi connectivity index (χ2n) is 5.94. The fourth-order valence-corrected chi connectivity index (χ4v) is 3.10. The van der Waals surface area contributed by atoms with Gasteiger partial charge < -0.3 is 14.7 Å². The average molecular weight is 317 g/mol. The van der Waals surface area contributed by atoms with Crippen LogP contribution in [0.25, 0.3) is 10.9 Å². The van der Waals surface area contributed by atoms with E-state index in [9.17, 15) is 14.7 Å². The van der Waals surface area contributed by atoms with Gasteiger partial charge in [0.05, 0.1) is 18.3 Å². The van der Waals surface area contributed by atoms with Crippen LogP contribution in [0.15, 0.2) is 30.5 Å². The molecule has 1 aliphatic heterocycles. The predicted octanol–water partition coefficient (Wildman–Crippen LogP) is 0.986. The molecule has 1 atom stereocenters. The number of likely N-dealkylation sites (tertiary alicyclic amines) is 1. The normalized spacial score (nSPS) is 21.0. The van der Waals surface area contributed by atoms with Crippen molar-refractivity contribution in [3.05, 3.63) is 30.5 Å². The van der Waals surface area contributed by atoms with Crippen molar-refractivity contribution in [1.29, 1.82) is 0 Å². The molecular formula is C16H19N3O4. The summed E-state index contributed by atoms with van der Waals surface area (Å²) in [5.41, 5.74) is -0.113. The second kappa shape index (κ2) is 6.00. The maximum Gasteiger partial charge on any atom is 0.313 e. The van der Waals surface area contributed by atoms with E-state index in [0.717, 1.165) is 10.9 Å². The first-order valence-corrected chi connectivity index (χ1v) is 7.46. The first kappa shape index (κ1) is 15.5. The number of carbonyl (C=O) groups excluding carboxylic acids is 1. The summed E-state index contributed by atoms with van der Waals surface area (Å²) in [6.07, 6.45) is 2.13. The summed E-state index contributed by atoms with van der Waals surface area (Å²) in [4.78, 5) is 25.6. The molecule has 2 aromatic rings. The predicted molar refractivity (Wildman–Crippen MR) is 82.9 cm³/mol. The van der Waals surface area contributed by atoms with E-state index in [1.165, 1.54) is 7.11 Å². The van der Waals surface area contributed by atoms with Crippen LogP contribution in [0.4, 0.5) is 0 Å². The number of hydrogen-bond acceptors (Lipinski definition) is 4. The van der Waals surface area contributed by atoms with Gasteiger partial charge in [-0.2, -0.15) is 5.10 Å². The van der Waals surface area contributed by atoms with Crippen LogP contribution >= 0.6 is 0 Å². The van der Waals surface area contributed by atoms with E-state index < -0.39 is 11.4 Å². The Morgan fingerprint density at radius 2 is 2.17 bits per heavy atom. The van der Waals surface area contributed by atoms with Gasteiger partial charge in [-0.3, -0.25) is 14.3 Å². The third kappa shape index (κ3) is 2.79. The number of carbonyl (C=O) groups is 2. The smallest absolute Gasteiger partial charge is 0.313 e. The molecule has 2 heterocycles. The van der Waals surface area contributed by atoms with Crippen molar-refractivity contribution < 1.29 is 19.4 Å². The Morgan fingerprint density at radius 3 is 2.91 bits per heavy atom. The highest BCUT2D eigenvalue weighted by Crippen LogP contribution is 2.31. The van der Waals surface area contributed by atoms with Crippen molar-refractivity contribution in [3.63, 3.8) is 0 Å². The lowest BCUT2D eigenvalue weighted by atomic mass is 9.88. The number of methoxy groups -OCH3 is 1. The number of benzene rings is 1. The SMILES string of the molecule is COCC1(C(=O)O)CCN(C(=O)Cn2ncc3ccccc32)C1. The number of amides is 1. The van der Waals surface area contributed by atoms with Gasteiger partial charge in [-0.15, -0.1) is 0 Å². The van der Waals surface area contributed by atoms with Crippen LogP contribution in [0.2, 0.25) is 0 Å². The molecule has 1 N–H and O–H groups in total. The van der Waals surface area contributed by atoms with Gasteiger partial charge in [-0.1, -0.05) is 18.2 Å². The van der Waals surface area contributed by atoms with Crippen molar-refractivity contribution in [3.8, 4) is 0 Å². The minimum Gasteiger partial charge on any atom is -0.481 e. The molecule has 0 spiro atoms. The highest BCUT2D eigenvalue weighted by Gasteiger charge is 2.46. The first-order valence-electron chi connectivity index (χ1n) is 7.46. The Bertz CT molecular complexity index is 742. The molecule has 0 aliphatic carbocycles. The lowest BCUT2D eigenvalue weighted by molar-refractivity contribution is -0.151. The number of aliphatic carboxylic acids is 1. The summed E-state index contributed by atoms with van der Waals surface area (Å²) >= 11 is 0. The Morgan fingerprint density at radius 1 is 1.39 bits per heavy atom. The van der Waals surface area contributed by atoms with Crippen molar-refractivity contribution >= 4 is 22.8 Å². The zero-order valence-corrected chi connectivity index (χ0v) is 12.9. The fraction of sp³-hybridized carbons (Fsp3) is 0.438. The summed E-state index contributed by atoms with van der Waals surface area (Å²) in [6.45, 7) is 0.814. The molecule has 1 aliphatic rings. The third-order valence-electron chi connectivity index (χ3n) is 4.42. The van der Waals surface area contributed by atoms with Crippen molar-refractivity contribution in [2.75, 3.05) is 26.8 Å². The number of carboxylic acids is 1. The van der Waals surface area contributed by atoms with Crippen LogP contribution in [0.1, 0.15) is 6.42 Å². The lowest BCUT2D eigenvalue weighted by Gasteiger charge is -2.23. The van der Waals surface area contributed by atoms with Gasteiger partial charge in [0.25, 0.3) is 0 Å². The van der Waals surface area contributed by atoms with E-state index >= 15 is 0 Å². The molecule has 1 amide bonds. The zero-order chi connectivity index (χ0) is 16.4. The van der Waals surface area contributed by atoms with Gasteiger partial charge in [-0.25, -0.2) is 0 Å². The van der Waals surface area contributed by atoms with Gasteiger partial charge >= 0.3 is 5.97 Å². The molecule has 122 valence electrons. The number of carboxylic acid groups (broad SMARTS) is 1. The van der Waals surface area contributed by atoms with E-state index in [2.05, 4.69) is 5.10 Å². The molecular weight excluding hydrogens is 298 g/mol. The second-order valence-corrected chi connectivity index (χ2v) is 5.94. The molecule has 7 heteroatoms. The molecule has 1 saturated heterocycles. The third-order valence-corrected chi connectivity index (χ3v) is 4.42. The van der Waals surface area contributed by atoms with Gasteiger partial charge in [0.1, 0.15) is 12.0 Å². The van der Waals surface area contributed by atoms with Crippen LogP contribution in [0, 0.1) is 5.41 Å². The topological polar surface area (TPSA) is 84.7 Å². The van der Waals surface area contributed by atoms with E-state index in [0.29, 0.717) is 13.0 Å². The number of fused-ring (bicyclic) bond motifs is 1. The van der Waals surface area contributed by atoms with Crippen LogP contribution in [-0.4, -0.2) is 58.5 Å². The summed E-state index contributed by atoms with van der Waals surface area (Å²) in [7, 11) is 1.48. The summed E-state index contributed by atoms with van der Waals surface area (Å²) in [6, 6.07) is 7.66. The van der Waals surface area contributed by atoms with Crippen LogP contribution in [0.3, 0.4) is 0 Å². The average Bonchev–Trinajstić information content (AvgIpc) is 3.14. The van der Waals surface area contributed by atoms with Gasteiger partial charge in [-0.05, 0) is 12.5 Å². The molecule has 7 nitrogen and oxygen atoms in total. The highest BCUT2D eigenvalue weighted by molar-refractivity contribution is 5.83. The Kier molecular flexibility index (Phi) is 4.04. The zero-order valence-electron chi connectivity index (χ0n) is 12.9. The van der Waals surface area contributed by atoms with E-state index in [1.54, 1.807) is 15.8 Å². The molecule has 0 bridgehead atoms. The molecule has 23 heavy (non-hydrogen) atoms. The molecule has 3 rings (SSSR count). The highest BCUT2D eigenvalue weighted by atomic mass is 16.5. The summed E-state index contributed by atoms with van der Waals surface area (Å²) in [5.74, 6) is -1.04.